The van der Waals surface area contributed by atoms with E-state index in [4.69, 9.17) is 9.84 Å². The molecule has 0 N–H and O–H groups in total. The summed E-state index contributed by atoms with van der Waals surface area (Å²) in [7, 11) is 1.70. The van der Waals surface area contributed by atoms with Crippen molar-refractivity contribution in [2.45, 2.75) is 27.3 Å². The van der Waals surface area contributed by atoms with Crippen LogP contribution in [-0.2, 0) is 16.1 Å². The second-order valence-electron chi connectivity index (χ2n) is 9.55. The zero-order valence-electron chi connectivity index (χ0n) is 19.5. The number of benzene rings is 1. The lowest BCUT2D eigenvalue weighted by molar-refractivity contribution is -0.133. The minimum absolute atomic E-state index is 0.0436. The molecule has 1 saturated heterocycles. The van der Waals surface area contributed by atoms with Crippen LogP contribution in [0.4, 0.5) is 0 Å². The molecule has 2 aliphatic rings. The van der Waals surface area contributed by atoms with Crippen molar-refractivity contribution in [1.29, 1.82) is 0 Å². The Bertz CT molecular complexity index is 1030. The number of amides is 2. The van der Waals surface area contributed by atoms with Gasteiger partial charge in [0.25, 0.3) is 5.91 Å². The molecule has 1 aromatic heterocycles. The lowest BCUT2D eigenvalue weighted by Crippen LogP contribution is -2.51. The summed E-state index contributed by atoms with van der Waals surface area (Å²) < 4.78 is 7.18. The fraction of sp³-hybridized carbons (Fsp3) is 0.542. The molecule has 0 radical (unpaired) electrons. The van der Waals surface area contributed by atoms with Gasteiger partial charge in [0.1, 0.15) is 12.2 Å². The highest BCUT2D eigenvalue weighted by Crippen LogP contribution is 2.27. The SMILES string of the molecule is COCCN1CCN(C(=O)CN2N=C(C(C)(C)C)Cn3c(cc4ccccc43)C2=O)CC1. The van der Waals surface area contributed by atoms with Gasteiger partial charge < -0.3 is 14.2 Å². The van der Waals surface area contributed by atoms with Crippen molar-refractivity contribution < 1.29 is 14.3 Å². The molecule has 0 spiro atoms. The van der Waals surface area contributed by atoms with Crippen LogP contribution in [0.1, 0.15) is 31.3 Å². The Morgan fingerprint density at radius 2 is 1.84 bits per heavy atom. The summed E-state index contributed by atoms with van der Waals surface area (Å²) in [6.07, 6.45) is 0. The molecule has 0 unspecified atom stereocenters. The maximum absolute atomic E-state index is 13.5. The van der Waals surface area contributed by atoms with Crippen LogP contribution in [0.15, 0.2) is 35.4 Å². The molecule has 1 fully saturated rings. The van der Waals surface area contributed by atoms with E-state index in [-0.39, 0.29) is 23.8 Å². The minimum atomic E-state index is -0.235. The van der Waals surface area contributed by atoms with Crippen molar-refractivity contribution in [3.8, 4) is 0 Å². The first-order valence-corrected chi connectivity index (χ1v) is 11.2. The van der Waals surface area contributed by atoms with E-state index in [1.54, 1.807) is 7.11 Å². The van der Waals surface area contributed by atoms with Gasteiger partial charge in [-0.3, -0.25) is 14.5 Å². The van der Waals surface area contributed by atoms with Gasteiger partial charge >= 0.3 is 0 Å². The summed E-state index contributed by atoms with van der Waals surface area (Å²) in [4.78, 5) is 30.7. The third-order valence-corrected chi connectivity index (χ3v) is 6.30. The number of nitrogens with zero attached hydrogens (tertiary/aromatic N) is 5. The van der Waals surface area contributed by atoms with Gasteiger partial charge in [0.15, 0.2) is 0 Å². The van der Waals surface area contributed by atoms with E-state index in [2.05, 4.69) is 25.7 Å². The topological polar surface area (TPSA) is 70.4 Å². The molecular formula is C24H33N5O3. The van der Waals surface area contributed by atoms with Gasteiger partial charge in [-0.1, -0.05) is 39.0 Å². The molecule has 0 atom stereocenters. The quantitative estimate of drug-likeness (QED) is 0.717. The zero-order chi connectivity index (χ0) is 22.9. The van der Waals surface area contributed by atoms with Crippen molar-refractivity contribution in [2.24, 2.45) is 10.5 Å². The fourth-order valence-corrected chi connectivity index (χ4v) is 4.23. The van der Waals surface area contributed by atoms with Gasteiger partial charge in [0.05, 0.1) is 18.9 Å². The lowest BCUT2D eigenvalue weighted by Gasteiger charge is -2.35. The van der Waals surface area contributed by atoms with Gasteiger partial charge in [-0.15, -0.1) is 0 Å². The third kappa shape index (κ3) is 4.56. The number of fused-ring (bicyclic) bond motifs is 3. The number of methoxy groups -OCH3 is 1. The van der Waals surface area contributed by atoms with Gasteiger partial charge in [0.2, 0.25) is 5.91 Å². The van der Waals surface area contributed by atoms with E-state index in [1.165, 1.54) is 5.01 Å². The van der Waals surface area contributed by atoms with E-state index in [1.807, 2.05) is 39.8 Å². The molecule has 4 rings (SSSR count). The predicted molar refractivity (Wildman–Crippen MR) is 125 cm³/mol. The number of carbonyl (C=O) groups excluding carboxylic acids is 2. The number of rotatable bonds is 5. The van der Waals surface area contributed by atoms with E-state index in [0.29, 0.717) is 31.9 Å². The van der Waals surface area contributed by atoms with Crippen LogP contribution < -0.4 is 0 Å². The van der Waals surface area contributed by atoms with Crippen molar-refractivity contribution in [2.75, 3.05) is 53.0 Å². The largest absolute Gasteiger partial charge is 0.383 e. The number of carbonyl (C=O) groups is 2. The molecule has 32 heavy (non-hydrogen) atoms. The van der Waals surface area contributed by atoms with Crippen LogP contribution >= 0.6 is 0 Å². The number of hydrogen-bond donors (Lipinski definition) is 0. The molecule has 2 amide bonds. The monoisotopic (exact) mass is 439 g/mol. The third-order valence-electron chi connectivity index (χ3n) is 6.30. The fourth-order valence-electron chi connectivity index (χ4n) is 4.23. The first-order chi connectivity index (χ1) is 15.3. The molecule has 2 aromatic rings. The molecule has 0 saturated carbocycles. The normalized spacial score (nSPS) is 18.0. The molecule has 2 aliphatic heterocycles. The molecule has 0 bridgehead atoms. The van der Waals surface area contributed by atoms with Gasteiger partial charge in [-0.25, -0.2) is 5.01 Å². The standard InChI is InChI=1S/C24H33N5O3/c1-24(2,3)21-16-28-19-8-6-5-7-18(19)15-20(28)23(31)29(25-21)17-22(30)27-11-9-26(10-12-27)13-14-32-4/h5-8,15H,9-14,16-17H2,1-4H3. The maximum atomic E-state index is 13.5. The Balaban J connectivity index is 1.56. The molecule has 0 aliphatic carbocycles. The van der Waals surface area contributed by atoms with Gasteiger partial charge in [-0.05, 0) is 12.1 Å². The number of hydrazone groups is 1. The Hall–Kier alpha value is -2.71. The van der Waals surface area contributed by atoms with Gasteiger partial charge in [0, 0.05) is 56.2 Å². The van der Waals surface area contributed by atoms with Crippen LogP contribution in [-0.4, -0.2) is 89.9 Å². The molecule has 3 heterocycles. The number of hydrogen-bond acceptors (Lipinski definition) is 5. The summed E-state index contributed by atoms with van der Waals surface area (Å²) in [5.74, 6) is -0.293. The van der Waals surface area contributed by atoms with Gasteiger partial charge in [-0.2, -0.15) is 5.10 Å². The number of aromatic nitrogens is 1. The highest BCUT2D eigenvalue weighted by Gasteiger charge is 2.32. The molecular weight excluding hydrogens is 406 g/mol. The average molecular weight is 440 g/mol. The van der Waals surface area contributed by atoms with E-state index in [0.717, 1.165) is 36.2 Å². The summed E-state index contributed by atoms with van der Waals surface area (Å²) in [6.45, 7) is 11.2. The van der Waals surface area contributed by atoms with Crippen LogP contribution in [0.2, 0.25) is 0 Å². The van der Waals surface area contributed by atoms with E-state index >= 15 is 0 Å². The first-order valence-electron chi connectivity index (χ1n) is 11.2. The van der Waals surface area contributed by atoms with Crippen LogP contribution in [0.3, 0.4) is 0 Å². The number of para-hydroxylation sites is 1. The highest BCUT2D eigenvalue weighted by molar-refractivity contribution is 6.03. The van der Waals surface area contributed by atoms with Crippen molar-refractivity contribution in [3.63, 3.8) is 0 Å². The van der Waals surface area contributed by atoms with Crippen LogP contribution in [0.25, 0.3) is 10.9 Å². The Morgan fingerprint density at radius 1 is 1.12 bits per heavy atom. The molecule has 1 aromatic carbocycles. The highest BCUT2D eigenvalue weighted by atomic mass is 16.5. The Kier molecular flexibility index (Phi) is 6.35. The molecule has 172 valence electrons. The Labute approximate surface area is 189 Å². The summed E-state index contributed by atoms with van der Waals surface area (Å²) >= 11 is 0. The molecule has 8 heteroatoms. The predicted octanol–water partition coefficient (Wildman–Crippen LogP) is 2.29. The van der Waals surface area contributed by atoms with Crippen molar-refractivity contribution in [3.05, 3.63) is 36.0 Å². The van der Waals surface area contributed by atoms with Crippen LogP contribution in [0.5, 0.6) is 0 Å². The summed E-state index contributed by atoms with van der Waals surface area (Å²) in [5.41, 5.74) is 2.23. The number of piperazine rings is 1. The smallest absolute Gasteiger partial charge is 0.291 e. The average Bonchev–Trinajstić information content (AvgIpc) is 3.07. The van der Waals surface area contributed by atoms with E-state index in [9.17, 15) is 9.59 Å². The van der Waals surface area contributed by atoms with Crippen molar-refractivity contribution >= 4 is 28.4 Å². The molecule has 8 nitrogen and oxygen atoms in total. The summed E-state index contributed by atoms with van der Waals surface area (Å²) in [5, 5.41) is 7.11. The Morgan fingerprint density at radius 3 is 2.53 bits per heavy atom. The lowest BCUT2D eigenvalue weighted by atomic mass is 9.90. The van der Waals surface area contributed by atoms with Crippen LogP contribution in [0, 0.1) is 5.41 Å². The zero-order valence-corrected chi connectivity index (χ0v) is 19.5. The van der Waals surface area contributed by atoms with Crippen molar-refractivity contribution in [1.82, 2.24) is 19.4 Å². The number of ether oxygens (including phenoxy) is 1. The first kappa shape index (κ1) is 22.5. The maximum Gasteiger partial charge on any atom is 0.291 e. The van der Waals surface area contributed by atoms with E-state index < -0.39 is 0 Å². The second-order valence-corrected chi connectivity index (χ2v) is 9.55. The minimum Gasteiger partial charge on any atom is -0.383 e. The second kappa shape index (κ2) is 9.03. The summed E-state index contributed by atoms with van der Waals surface area (Å²) in [6, 6.07) is 9.89.